The Bertz CT molecular complexity index is 2200. The van der Waals surface area contributed by atoms with Gasteiger partial charge in [0.15, 0.2) is 11.5 Å². The Balaban J connectivity index is 0.000000162. The lowest BCUT2D eigenvalue weighted by atomic mass is 9.98. The first kappa shape index (κ1) is 34.9. The second-order valence-corrected chi connectivity index (χ2v) is 13.6. The van der Waals surface area contributed by atoms with Gasteiger partial charge in [-0.1, -0.05) is 19.1 Å². The first-order valence-electron chi connectivity index (χ1n) is 18.1. The van der Waals surface area contributed by atoms with Crippen molar-refractivity contribution in [2.75, 3.05) is 43.4 Å². The number of hydrogen-bond donors (Lipinski definition) is 4. The van der Waals surface area contributed by atoms with Gasteiger partial charge in [0.25, 0.3) is 11.8 Å². The second kappa shape index (κ2) is 15.8. The van der Waals surface area contributed by atoms with Crippen LogP contribution in [0.4, 0.5) is 11.4 Å². The number of nitrogens with one attached hydrogen (secondary N) is 4. The van der Waals surface area contributed by atoms with E-state index >= 15 is 0 Å². The highest BCUT2D eigenvalue weighted by atomic mass is 16.3. The number of nitrogens with zero attached hydrogens (tertiary/aromatic N) is 2. The van der Waals surface area contributed by atoms with Crippen molar-refractivity contribution in [3.8, 4) is 0 Å². The smallest absolute Gasteiger partial charge is 0.291 e. The first-order chi connectivity index (χ1) is 25.4. The number of furan rings is 2. The molecule has 2 aliphatic heterocycles. The Labute approximate surface area is 303 Å². The molecule has 52 heavy (non-hydrogen) atoms. The van der Waals surface area contributed by atoms with Gasteiger partial charge < -0.3 is 29.4 Å². The van der Waals surface area contributed by atoms with Crippen LogP contribution in [0.5, 0.6) is 0 Å². The van der Waals surface area contributed by atoms with Gasteiger partial charge in [-0.05, 0) is 111 Å². The lowest BCUT2D eigenvalue weighted by molar-refractivity contribution is 0.0989. The summed E-state index contributed by atoms with van der Waals surface area (Å²) in [5.74, 6) is 0.142. The molecule has 2 amide bonds. The van der Waals surface area contributed by atoms with Crippen molar-refractivity contribution in [1.82, 2.24) is 19.8 Å². The number of benzene rings is 2. The summed E-state index contributed by atoms with van der Waals surface area (Å²) < 4.78 is 10.3. The molecule has 10 nitrogen and oxygen atoms in total. The van der Waals surface area contributed by atoms with Crippen LogP contribution in [0.1, 0.15) is 72.3 Å². The molecule has 10 heteroatoms. The third-order valence-electron chi connectivity index (χ3n) is 9.87. The molecule has 0 saturated carbocycles. The van der Waals surface area contributed by atoms with E-state index in [9.17, 15) is 9.59 Å². The van der Waals surface area contributed by atoms with Crippen LogP contribution >= 0.6 is 0 Å². The Kier molecular flexibility index (Phi) is 10.6. The van der Waals surface area contributed by atoms with Crippen molar-refractivity contribution in [3.05, 3.63) is 120 Å². The van der Waals surface area contributed by atoms with E-state index in [1.807, 2.05) is 36.4 Å². The average Bonchev–Trinajstić information content (AvgIpc) is 4.00. The lowest BCUT2D eigenvalue weighted by Crippen LogP contribution is -2.34. The van der Waals surface area contributed by atoms with Crippen molar-refractivity contribution in [2.45, 2.75) is 46.1 Å². The molecule has 0 atom stereocenters. The van der Waals surface area contributed by atoms with Crippen LogP contribution < -0.4 is 10.6 Å². The fourth-order valence-corrected chi connectivity index (χ4v) is 7.00. The molecular weight excluding hydrogens is 653 g/mol. The molecule has 0 fully saturated rings. The van der Waals surface area contributed by atoms with Gasteiger partial charge in [-0.25, -0.2) is 0 Å². The van der Waals surface area contributed by atoms with Crippen LogP contribution in [-0.2, 0) is 0 Å². The summed E-state index contributed by atoms with van der Waals surface area (Å²) in [4.78, 5) is 36.0. The van der Waals surface area contributed by atoms with Gasteiger partial charge in [0.1, 0.15) is 0 Å². The number of aromatic nitrogens is 2. The van der Waals surface area contributed by atoms with E-state index in [0.717, 1.165) is 78.7 Å². The van der Waals surface area contributed by atoms with E-state index in [-0.39, 0.29) is 11.8 Å². The Morgan fingerprint density at radius 3 is 1.71 bits per heavy atom. The number of anilines is 2. The van der Waals surface area contributed by atoms with Gasteiger partial charge in [-0.15, -0.1) is 0 Å². The number of fused-ring (bicyclic) bond motifs is 2. The summed E-state index contributed by atoms with van der Waals surface area (Å²) in [7, 11) is 0. The summed E-state index contributed by atoms with van der Waals surface area (Å²) >= 11 is 0. The zero-order valence-corrected chi connectivity index (χ0v) is 30.0. The standard InChI is InChI=1S/2C21H23N3O2/c1-14(2)24-9-7-15(8-10-24)18-13-22-19-6-5-16(12-17(18)19)23-21(25)20-4-3-11-26-20;1-2-9-24-10-7-15(8-11-24)18-14-22-19-6-5-16(13-17(18)19)23-21(25)20-4-3-12-26-20/h3-7,11-14,22H,8-10H2,1-2H3,(H,23,25);3-7,12-14,22H,2,8-11H2,1H3,(H,23,25). The van der Waals surface area contributed by atoms with Gasteiger partial charge in [0, 0.05) is 88.9 Å². The van der Waals surface area contributed by atoms with E-state index in [4.69, 9.17) is 8.83 Å². The molecule has 0 spiro atoms. The maximum atomic E-state index is 12.2. The van der Waals surface area contributed by atoms with Crippen LogP contribution in [0.15, 0.2) is 107 Å². The van der Waals surface area contributed by atoms with Crippen molar-refractivity contribution >= 4 is 56.1 Å². The largest absolute Gasteiger partial charge is 0.459 e. The SMILES string of the molecule is CC(C)N1CC=C(c2c[nH]c3ccc(NC(=O)c4ccco4)cc23)CC1.CCCN1CC=C(c2c[nH]c3ccc(NC(=O)c4ccco4)cc23)CC1. The topological polar surface area (TPSA) is 123 Å². The van der Waals surface area contributed by atoms with E-state index in [1.54, 1.807) is 24.3 Å². The monoisotopic (exact) mass is 698 g/mol. The zero-order valence-electron chi connectivity index (χ0n) is 30.0. The first-order valence-corrected chi connectivity index (χ1v) is 18.1. The van der Waals surface area contributed by atoms with Crippen LogP contribution in [0.2, 0.25) is 0 Å². The number of carbonyl (C=O) groups excluding carboxylic acids is 2. The van der Waals surface area contributed by atoms with Crippen LogP contribution in [0.25, 0.3) is 33.0 Å². The molecule has 2 aliphatic rings. The molecule has 0 unspecified atom stereocenters. The Hall–Kier alpha value is -5.58. The minimum atomic E-state index is -0.240. The van der Waals surface area contributed by atoms with E-state index in [1.165, 1.54) is 41.2 Å². The minimum Gasteiger partial charge on any atom is -0.459 e. The van der Waals surface area contributed by atoms with Gasteiger partial charge in [-0.2, -0.15) is 0 Å². The van der Waals surface area contributed by atoms with Crippen molar-refractivity contribution in [1.29, 1.82) is 0 Å². The van der Waals surface area contributed by atoms with Gasteiger partial charge >= 0.3 is 0 Å². The van der Waals surface area contributed by atoms with E-state index in [0.29, 0.717) is 17.6 Å². The zero-order chi connectivity index (χ0) is 36.0. The fourth-order valence-electron chi connectivity index (χ4n) is 7.00. The van der Waals surface area contributed by atoms with Crippen molar-refractivity contribution in [3.63, 3.8) is 0 Å². The molecular formula is C42H46N6O4. The third-order valence-corrected chi connectivity index (χ3v) is 9.87. The maximum Gasteiger partial charge on any atom is 0.291 e. The molecule has 2 aromatic carbocycles. The maximum absolute atomic E-state index is 12.2. The quantitative estimate of drug-likeness (QED) is 0.120. The highest BCUT2D eigenvalue weighted by Crippen LogP contribution is 2.33. The van der Waals surface area contributed by atoms with Crippen LogP contribution in [0, 0.1) is 0 Å². The molecule has 8 rings (SSSR count). The van der Waals surface area contributed by atoms with E-state index < -0.39 is 0 Å². The molecule has 4 N–H and O–H groups in total. The van der Waals surface area contributed by atoms with Gasteiger partial charge in [0.2, 0.25) is 0 Å². The summed E-state index contributed by atoms with van der Waals surface area (Å²) in [6.45, 7) is 12.0. The third kappa shape index (κ3) is 7.83. The number of amides is 2. The Morgan fingerprint density at radius 1 is 0.750 bits per heavy atom. The highest BCUT2D eigenvalue weighted by molar-refractivity contribution is 6.05. The van der Waals surface area contributed by atoms with Crippen molar-refractivity contribution < 1.29 is 18.4 Å². The predicted octanol–water partition coefficient (Wildman–Crippen LogP) is 9.02. The summed E-state index contributed by atoms with van der Waals surface area (Å²) in [6, 6.07) is 19.2. The number of hydrogen-bond acceptors (Lipinski definition) is 6. The molecule has 0 aliphatic carbocycles. The number of aromatic amines is 2. The summed E-state index contributed by atoms with van der Waals surface area (Å²) in [5.41, 5.74) is 8.86. The molecule has 268 valence electrons. The number of carbonyl (C=O) groups is 2. The molecule has 4 aromatic heterocycles. The molecule has 0 saturated heterocycles. The second-order valence-electron chi connectivity index (χ2n) is 13.6. The van der Waals surface area contributed by atoms with Crippen LogP contribution in [-0.4, -0.2) is 70.3 Å². The van der Waals surface area contributed by atoms with Gasteiger partial charge in [0.05, 0.1) is 12.5 Å². The summed E-state index contributed by atoms with van der Waals surface area (Å²) in [5, 5.41) is 8.08. The predicted molar refractivity (Wildman–Crippen MR) is 209 cm³/mol. The average molecular weight is 699 g/mol. The van der Waals surface area contributed by atoms with E-state index in [2.05, 4.69) is 75.7 Å². The number of H-pyrrole nitrogens is 2. The molecule has 0 radical (unpaired) electrons. The molecule has 6 heterocycles. The normalized spacial score (nSPS) is 15.3. The Morgan fingerprint density at radius 2 is 1.29 bits per heavy atom. The highest BCUT2D eigenvalue weighted by Gasteiger charge is 2.19. The van der Waals surface area contributed by atoms with Gasteiger partial charge in [-0.3, -0.25) is 19.4 Å². The number of rotatable bonds is 9. The van der Waals surface area contributed by atoms with Crippen molar-refractivity contribution in [2.24, 2.45) is 0 Å². The minimum absolute atomic E-state index is 0.237. The molecule has 0 bridgehead atoms. The lowest BCUT2D eigenvalue weighted by Gasteiger charge is -2.29. The fraction of sp³-hybridized carbons (Fsp3) is 0.286. The molecule has 6 aromatic rings. The van der Waals surface area contributed by atoms with Crippen LogP contribution in [0.3, 0.4) is 0 Å². The summed E-state index contributed by atoms with van der Waals surface area (Å²) in [6.07, 6.45) is 15.1.